The van der Waals surface area contributed by atoms with Crippen LogP contribution in [0.15, 0.2) is 24.3 Å². The molecule has 3 N–H and O–H groups in total. The topological polar surface area (TPSA) is 89.3 Å². The SMILES string of the molecule is CC(CCNC(=O)C(N)CCS(C)(=O)=O)c1cccc(C(F)(F)F)c1. The molecule has 1 aromatic carbocycles. The zero-order chi connectivity index (χ0) is 19.3. The van der Waals surface area contributed by atoms with E-state index in [1.165, 1.54) is 6.07 Å². The highest BCUT2D eigenvalue weighted by atomic mass is 32.2. The van der Waals surface area contributed by atoms with Crippen LogP contribution < -0.4 is 11.1 Å². The summed E-state index contributed by atoms with van der Waals surface area (Å²) in [7, 11) is -3.19. The van der Waals surface area contributed by atoms with Crippen LogP contribution >= 0.6 is 0 Å². The van der Waals surface area contributed by atoms with Crippen molar-refractivity contribution >= 4 is 15.7 Å². The molecule has 0 aliphatic rings. The summed E-state index contributed by atoms with van der Waals surface area (Å²) in [6, 6.07) is 4.15. The second kappa shape index (κ2) is 8.66. The maximum atomic E-state index is 12.7. The van der Waals surface area contributed by atoms with Crippen molar-refractivity contribution < 1.29 is 26.4 Å². The molecule has 2 unspecified atom stereocenters. The summed E-state index contributed by atoms with van der Waals surface area (Å²) in [6.45, 7) is 2.01. The van der Waals surface area contributed by atoms with Crippen LogP contribution in [0.3, 0.4) is 0 Å². The average Bonchev–Trinajstić information content (AvgIpc) is 2.50. The van der Waals surface area contributed by atoms with Crippen molar-refractivity contribution in [3.63, 3.8) is 0 Å². The zero-order valence-electron chi connectivity index (χ0n) is 14.1. The average molecular weight is 380 g/mol. The van der Waals surface area contributed by atoms with Crippen LogP contribution in [-0.4, -0.2) is 38.9 Å². The minimum Gasteiger partial charge on any atom is -0.355 e. The molecule has 0 fully saturated rings. The van der Waals surface area contributed by atoms with Crippen LogP contribution in [0, 0.1) is 0 Å². The molecule has 1 amide bonds. The molecule has 0 aromatic heterocycles. The van der Waals surface area contributed by atoms with Gasteiger partial charge in [0.25, 0.3) is 0 Å². The monoisotopic (exact) mass is 380 g/mol. The van der Waals surface area contributed by atoms with Crippen LogP contribution in [0.4, 0.5) is 13.2 Å². The van der Waals surface area contributed by atoms with Gasteiger partial charge in [-0.05, 0) is 30.4 Å². The van der Waals surface area contributed by atoms with Crippen LogP contribution in [-0.2, 0) is 20.8 Å². The number of carbonyl (C=O) groups is 1. The Labute approximate surface area is 145 Å². The van der Waals surface area contributed by atoms with Crippen LogP contribution in [0.2, 0.25) is 0 Å². The number of nitrogens with two attached hydrogens (primary N) is 1. The minimum atomic E-state index is -4.39. The predicted molar refractivity (Wildman–Crippen MR) is 89.8 cm³/mol. The predicted octanol–water partition coefficient (Wildman–Crippen LogP) is 2.08. The quantitative estimate of drug-likeness (QED) is 0.723. The number of hydrogen-bond donors (Lipinski definition) is 2. The number of carbonyl (C=O) groups excluding carboxylic acids is 1. The maximum Gasteiger partial charge on any atom is 0.416 e. The van der Waals surface area contributed by atoms with E-state index < -0.39 is 33.5 Å². The lowest BCUT2D eigenvalue weighted by Gasteiger charge is -2.16. The van der Waals surface area contributed by atoms with Crippen molar-refractivity contribution in [3.05, 3.63) is 35.4 Å². The standard InChI is InChI=1S/C16H23F3N2O3S/c1-11(12-4-3-5-13(10-12)16(17,18)19)6-8-21-15(22)14(20)7-9-25(2,23)24/h3-5,10-11,14H,6-9,20H2,1-2H3,(H,21,22). The maximum absolute atomic E-state index is 12.7. The summed E-state index contributed by atoms with van der Waals surface area (Å²) in [4.78, 5) is 11.8. The summed E-state index contributed by atoms with van der Waals surface area (Å²) in [5.41, 5.74) is 5.45. The van der Waals surface area contributed by atoms with Gasteiger partial charge in [0.2, 0.25) is 5.91 Å². The van der Waals surface area contributed by atoms with E-state index in [9.17, 15) is 26.4 Å². The van der Waals surface area contributed by atoms with Crippen LogP contribution in [0.25, 0.3) is 0 Å². The minimum absolute atomic E-state index is 0.0217. The van der Waals surface area contributed by atoms with Gasteiger partial charge in [-0.3, -0.25) is 4.79 Å². The number of halogens is 3. The van der Waals surface area contributed by atoms with E-state index in [2.05, 4.69) is 5.32 Å². The van der Waals surface area contributed by atoms with Crippen molar-refractivity contribution in [2.45, 2.75) is 37.9 Å². The first kappa shape index (κ1) is 21.4. The van der Waals surface area contributed by atoms with Gasteiger partial charge < -0.3 is 11.1 Å². The molecule has 9 heteroatoms. The normalized spacial score (nSPS) is 14.8. The molecule has 1 rings (SSSR count). The first-order chi connectivity index (χ1) is 11.4. The van der Waals surface area contributed by atoms with E-state index in [-0.39, 0.29) is 24.6 Å². The van der Waals surface area contributed by atoms with Crippen LogP contribution in [0.1, 0.15) is 36.8 Å². The number of benzene rings is 1. The number of sulfone groups is 1. The van der Waals surface area contributed by atoms with Gasteiger partial charge in [-0.2, -0.15) is 13.2 Å². The largest absolute Gasteiger partial charge is 0.416 e. The van der Waals surface area contributed by atoms with Gasteiger partial charge in [-0.1, -0.05) is 25.1 Å². The number of alkyl halides is 3. The molecule has 0 spiro atoms. The van der Waals surface area contributed by atoms with Crippen molar-refractivity contribution in [2.75, 3.05) is 18.6 Å². The molecule has 0 aliphatic carbocycles. The number of nitrogens with one attached hydrogen (secondary N) is 1. The van der Waals surface area contributed by atoms with Gasteiger partial charge >= 0.3 is 6.18 Å². The Hall–Kier alpha value is -1.61. The number of amides is 1. The molecular formula is C16H23F3N2O3S. The molecule has 25 heavy (non-hydrogen) atoms. The van der Waals surface area contributed by atoms with Gasteiger partial charge in [0.05, 0.1) is 17.4 Å². The molecular weight excluding hydrogens is 357 g/mol. The molecule has 2 atom stereocenters. The van der Waals surface area contributed by atoms with Crippen LogP contribution in [0.5, 0.6) is 0 Å². The Morgan fingerprint density at radius 1 is 1.28 bits per heavy atom. The molecule has 5 nitrogen and oxygen atoms in total. The summed E-state index contributed by atoms with van der Waals surface area (Å²) < 4.78 is 60.3. The fourth-order valence-corrected chi connectivity index (χ4v) is 2.89. The first-order valence-corrected chi connectivity index (χ1v) is 9.84. The Bertz CT molecular complexity index is 690. The fourth-order valence-electron chi connectivity index (χ4n) is 2.20. The Kier molecular flexibility index (Phi) is 7.43. The van der Waals surface area contributed by atoms with E-state index in [4.69, 9.17) is 5.73 Å². The Morgan fingerprint density at radius 3 is 2.48 bits per heavy atom. The van der Waals surface area contributed by atoms with Crippen molar-refractivity contribution in [3.8, 4) is 0 Å². The molecule has 0 saturated heterocycles. The zero-order valence-corrected chi connectivity index (χ0v) is 15.0. The number of rotatable bonds is 8. The highest BCUT2D eigenvalue weighted by Gasteiger charge is 2.30. The van der Waals surface area contributed by atoms with Gasteiger partial charge in [0, 0.05) is 12.8 Å². The van der Waals surface area contributed by atoms with Gasteiger partial charge in [-0.15, -0.1) is 0 Å². The Morgan fingerprint density at radius 2 is 1.92 bits per heavy atom. The molecule has 0 bridgehead atoms. The summed E-state index contributed by atoms with van der Waals surface area (Å²) in [6.07, 6.45) is -2.87. The second-order valence-electron chi connectivity index (χ2n) is 6.13. The lowest BCUT2D eigenvalue weighted by molar-refractivity contribution is -0.137. The lowest BCUT2D eigenvalue weighted by atomic mass is 9.96. The third-order valence-electron chi connectivity index (χ3n) is 3.80. The third kappa shape index (κ3) is 7.87. The van der Waals surface area contributed by atoms with Crippen molar-refractivity contribution in [1.82, 2.24) is 5.32 Å². The molecule has 0 heterocycles. The summed E-state index contributed by atoms with van der Waals surface area (Å²) in [5.74, 6) is -0.836. The fraction of sp³-hybridized carbons (Fsp3) is 0.562. The van der Waals surface area contributed by atoms with E-state index in [0.717, 1.165) is 18.4 Å². The second-order valence-corrected chi connectivity index (χ2v) is 8.39. The molecule has 0 aliphatic heterocycles. The smallest absolute Gasteiger partial charge is 0.355 e. The van der Waals surface area contributed by atoms with Crippen molar-refractivity contribution in [2.24, 2.45) is 5.73 Å². The number of hydrogen-bond acceptors (Lipinski definition) is 4. The van der Waals surface area contributed by atoms with E-state index in [1.54, 1.807) is 13.0 Å². The molecule has 142 valence electrons. The van der Waals surface area contributed by atoms with Gasteiger partial charge in [-0.25, -0.2) is 8.42 Å². The van der Waals surface area contributed by atoms with E-state index in [0.29, 0.717) is 12.0 Å². The highest BCUT2D eigenvalue weighted by molar-refractivity contribution is 7.90. The molecule has 1 aromatic rings. The van der Waals surface area contributed by atoms with Gasteiger partial charge in [0.15, 0.2) is 0 Å². The Balaban J connectivity index is 2.49. The summed E-state index contributed by atoms with van der Waals surface area (Å²) in [5, 5.41) is 2.58. The van der Waals surface area contributed by atoms with Gasteiger partial charge in [0.1, 0.15) is 9.84 Å². The first-order valence-electron chi connectivity index (χ1n) is 7.78. The molecule has 0 saturated carbocycles. The summed E-state index contributed by atoms with van der Waals surface area (Å²) >= 11 is 0. The van der Waals surface area contributed by atoms with Crippen molar-refractivity contribution in [1.29, 1.82) is 0 Å². The van der Waals surface area contributed by atoms with E-state index >= 15 is 0 Å². The highest BCUT2D eigenvalue weighted by Crippen LogP contribution is 2.31. The lowest BCUT2D eigenvalue weighted by Crippen LogP contribution is -2.42. The van der Waals surface area contributed by atoms with E-state index in [1.807, 2.05) is 0 Å². The molecule has 0 radical (unpaired) electrons. The third-order valence-corrected chi connectivity index (χ3v) is 4.77.